The molecular formula is C30H24F2. The summed E-state index contributed by atoms with van der Waals surface area (Å²) in [5, 5.41) is 1.43. The summed E-state index contributed by atoms with van der Waals surface area (Å²) in [6, 6.07) is 24.0. The van der Waals surface area contributed by atoms with E-state index < -0.39 is 0 Å². The Labute approximate surface area is 188 Å². The summed E-state index contributed by atoms with van der Waals surface area (Å²) >= 11 is 0. The molecule has 4 rings (SSSR count). The number of aryl methyl sites for hydroxylation is 3. The summed E-state index contributed by atoms with van der Waals surface area (Å²) in [6.07, 6.45) is 5.10. The first-order chi connectivity index (χ1) is 15.6. The van der Waals surface area contributed by atoms with Gasteiger partial charge in [-0.05, 0) is 84.2 Å². The van der Waals surface area contributed by atoms with Gasteiger partial charge >= 0.3 is 0 Å². The molecule has 0 aliphatic rings. The predicted octanol–water partition coefficient (Wildman–Crippen LogP) is 7.42. The van der Waals surface area contributed by atoms with Crippen molar-refractivity contribution in [2.45, 2.75) is 25.7 Å². The first kappa shape index (κ1) is 21.5. The molecule has 0 aliphatic heterocycles. The van der Waals surface area contributed by atoms with E-state index in [1.165, 1.54) is 17.7 Å². The van der Waals surface area contributed by atoms with Crippen molar-refractivity contribution in [1.82, 2.24) is 0 Å². The molecule has 0 radical (unpaired) electrons. The number of rotatable bonds is 6. The normalized spacial score (nSPS) is 10.6. The number of fused-ring (bicyclic) bond motifs is 1. The van der Waals surface area contributed by atoms with E-state index in [9.17, 15) is 4.39 Å². The molecule has 0 aromatic heterocycles. The summed E-state index contributed by atoms with van der Waals surface area (Å²) in [4.78, 5) is 0. The molecule has 0 fully saturated rings. The first-order valence-corrected chi connectivity index (χ1v) is 10.8. The van der Waals surface area contributed by atoms with Crippen LogP contribution in [0.5, 0.6) is 0 Å². The summed E-state index contributed by atoms with van der Waals surface area (Å²) in [5.41, 5.74) is 4.73. The highest BCUT2D eigenvalue weighted by Crippen LogP contribution is 2.23. The maximum Gasteiger partial charge on any atom is 0.134 e. The molecule has 0 atom stereocenters. The Morgan fingerprint density at radius 2 is 1.34 bits per heavy atom. The molecule has 4 aromatic rings. The summed E-state index contributed by atoms with van der Waals surface area (Å²) < 4.78 is 28.1. The van der Waals surface area contributed by atoms with Crippen LogP contribution in [0.1, 0.15) is 34.2 Å². The van der Waals surface area contributed by atoms with Crippen LogP contribution in [0.2, 0.25) is 0 Å². The smallest absolute Gasteiger partial charge is 0.134 e. The molecule has 4 aromatic carbocycles. The molecule has 32 heavy (non-hydrogen) atoms. The van der Waals surface area contributed by atoms with Gasteiger partial charge in [0.05, 0.1) is 0 Å². The second kappa shape index (κ2) is 10.1. The van der Waals surface area contributed by atoms with E-state index in [2.05, 4.69) is 30.6 Å². The Morgan fingerprint density at radius 1 is 0.688 bits per heavy atom. The maximum absolute atomic E-state index is 15.0. The van der Waals surface area contributed by atoms with Crippen molar-refractivity contribution < 1.29 is 8.78 Å². The monoisotopic (exact) mass is 422 g/mol. The summed E-state index contributed by atoms with van der Waals surface area (Å²) in [7, 11) is 0. The van der Waals surface area contributed by atoms with E-state index in [0.717, 1.165) is 34.9 Å². The highest BCUT2D eigenvalue weighted by molar-refractivity contribution is 5.85. The fourth-order valence-corrected chi connectivity index (χ4v) is 3.71. The second-order valence-corrected chi connectivity index (χ2v) is 7.88. The molecule has 0 unspecified atom stereocenters. The van der Waals surface area contributed by atoms with Crippen LogP contribution in [0.15, 0.2) is 91.5 Å². The van der Waals surface area contributed by atoms with Gasteiger partial charge in [-0.3, -0.25) is 0 Å². The molecule has 0 saturated heterocycles. The van der Waals surface area contributed by atoms with Crippen LogP contribution >= 0.6 is 0 Å². The first-order valence-electron chi connectivity index (χ1n) is 10.8. The highest BCUT2D eigenvalue weighted by Gasteiger charge is 2.08. The SMILES string of the molecule is C=CCCc1ccc(C#Cc2ccc3c(F)c(CCc4ccc(F)cc4)ccc3c2)cc1. The minimum absolute atomic E-state index is 0.195. The van der Waals surface area contributed by atoms with E-state index in [1.54, 1.807) is 18.2 Å². The largest absolute Gasteiger partial charge is 0.207 e. The molecule has 0 spiro atoms. The fourth-order valence-electron chi connectivity index (χ4n) is 3.71. The average molecular weight is 423 g/mol. The number of hydrogen-bond acceptors (Lipinski definition) is 0. The van der Waals surface area contributed by atoms with Crippen LogP contribution in [0.25, 0.3) is 10.8 Å². The van der Waals surface area contributed by atoms with E-state index >= 15 is 4.39 Å². The molecule has 0 nitrogen and oxygen atoms in total. The van der Waals surface area contributed by atoms with E-state index in [4.69, 9.17) is 0 Å². The number of halogens is 2. The van der Waals surface area contributed by atoms with E-state index in [0.29, 0.717) is 23.8 Å². The van der Waals surface area contributed by atoms with Crippen molar-refractivity contribution in [3.05, 3.63) is 131 Å². The van der Waals surface area contributed by atoms with Crippen LogP contribution in [0.3, 0.4) is 0 Å². The number of benzene rings is 4. The lowest BCUT2D eigenvalue weighted by atomic mass is 9.99. The predicted molar refractivity (Wildman–Crippen MR) is 129 cm³/mol. The third kappa shape index (κ3) is 5.31. The number of allylic oxidation sites excluding steroid dienone is 1. The zero-order chi connectivity index (χ0) is 22.3. The van der Waals surface area contributed by atoms with E-state index in [-0.39, 0.29) is 11.6 Å². The van der Waals surface area contributed by atoms with Crippen LogP contribution in [0, 0.1) is 23.5 Å². The second-order valence-electron chi connectivity index (χ2n) is 7.88. The molecule has 0 bridgehead atoms. The topological polar surface area (TPSA) is 0 Å². The molecule has 2 heteroatoms. The Kier molecular flexibility index (Phi) is 6.78. The maximum atomic E-state index is 15.0. The van der Waals surface area contributed by atoms with Gasteiger partial charge in [0, 0.05) is 16.5 Å². The van der Waals surface area contributed by atoms with Gasteiger partial charge in [0.25, 0.3) is 0 Å². The van der Waals surface area contributed by atoms with Crippen molar-refractivity contribution in [2.75, 3.05) is 0 Å². The summed E-state index contributed by atoms with van der Waals surface area (Å²) in [5.74, 6) is 5.91. The van der Waals surface area contributed by atoms with Crippen LogP contribution < -0.4 is 0 Å². The molecule has 0 amide bonds. The van der Waals surface area contributed by atoms with Gasteiger partial charge in [-0.1, -0.05) is 60.4 Å². The lowest BCUT2D eigenvalue weighted by Crippen LogP contribution is -1.96. The van der Waals surface area contributed by atoms with Gasteiger partial charge in [-0.25, -0.2) is 8.78 Å². The van der Waals surface area contributed by atoms with E-state index in [1.807, 2.05) is 42.5 Å². The fraction of sp³-hybridized carbons (Fsp3) is 0.133. The summed E-state index contributed by atoms with van der Waals surface area (Å²) in [6.45, 7) is 3.76. The van der Waals surface area contributed by atoms with Crippen LogP contribution in [0.4, 0.5) is 8.78 Å². The standard InChI is InChI=1S/C30H24F2/c1-2-3-4-22-5-7-23(8-6-22)9-10-25-14-20-29-27(21-25)17-16-26(30(29)32)15-11-24-12-18-28(31)19-13-24/h2,5-8,12-14,16-21H,1,3-4,11,15H2. The Balaban J connectivity index is 1.49. The van der Waals surface area contributed by atoms with Crippen LogP contribution in [-0.2, 0) is 19.3 Å². The zero-order valence-electron chi connectivity index (χ0n) is 17.9. The lowest BCUT2D eigenvalue weighted by Gasteiger charge is -2.08. The Bertz CT molecular complexity index is 1290. The Hall–Kier alpha value is -3.70. The van der Waals surface area contributed by atoms with Crippen LogP contribution in [-0.4, -0.2) is 0 Å². The van der Waals surface area contributed by atoms with Crippen molar-refractivity contribution in [3.63, 3.8) is 0 Å². The molecule has 0 aliphatic carbocycles. The molecule has 0 N–H and O–H groups in total. The van der Waals surface area contributed by atoms with Gasteiger partial charge in [0.1, 0.15) is 11.6 Å². The van der Waals surface area contributed by atoms with Crippen molar-refractivity contribution in [3.8, 4) is 11.8 Å². The third-order valence-electron chi connectivity index (χ3n) is 5.57. The quantitative estimate of drug-likeness (QED) is 0.224. The zero-order valence-corrected chi connectivity index (χ0v) is 17.9. The minimum atomic E-state index is -0.259. The van der Waals surface area contributed by atoms with Gasteiger partial charge in [0.2, 0.25) is 0 Å². The molecule has 0 heterocycles. The molecular weight excluding hydrogens is 398 g/mol. The Morgan fingerprint density at radius 3 is 2.09 bits per heavy atom. The minimum Gasteiger partial charge on any atom is -0.207 e. The van der Waals surface area contributed by atoms with Crippen molar-refractivity contribution >= 4 is 10.8 Å². The highest BCUT2D eigenvalue weighted by atomic mass is 19.1. The number of hydrogen-bond donors (Lipinski definition) is 0. The lowest BCUT2D eigenvalue weighted by molar-refractivity contribution is 0.619. The van der Waals surface area contributed by atoms with Crippen molar-refractivity contribution in [1.29, 1.82) is 0 Å². The van der Waals surface area contributed by atoms with Gasteiger partial charge in [-0.15, -0.1) is 6.58 Å². The van der Waals surface area contributed by atoms with Crippen molar-refractivity contribution in [2.24, 2.45) is 0 Å². The average Bonchev–Trinajstić information content (AvgIpc) is 2.82. The molecule has 158 valence electrons. The van der Waals surface area contributed by atoms with Gasteiger partial charge in [0.15, 0.2) is 0 Å². The van der Waals surface area contributed by atoms with Gasteiger partial charge in [-0.2, -0.15) is 0 Å². The third-order valence-corrected chi connectivity index (χ3v) is 5.57. The molecule has 0 saturated carbocycles. The van der Waals surface area contributed by atoms with Gasteiger partial charge < -0.3 is 0 Å².